The molecule has 0 N–H and O–H groups in total. The summed E-state index contributed by atoms with van der Waals surface area (Å²) in [6, 6.07) is 1.33. The van der Waals surface area contributed by atoms with Gasteiger partial charge in [-0.25, -0.2) is 8.78 Å². The lowest BCUT2D eigenvalue weighted by Crippen LogP contribution is -2.00. The Balaban J connectivity index is 3.26. The van der Waals surface area contributed by atoms with Gasteiger partial charge in [-0.1, -0.05) is 0 Å². The van der Waals surface area contributed by atoms with Gasteiger partial charge < -0.3 is 4.57 Å². The molecule has 0 atom stereocenters. The first-order valence-electron chi connectivity index (χ1n) is 3.47. The minimum absolute atomic E-state index is 0.116. The Bertz CT molecular complexity index is 304. The molecule has 0 spiro atoms. The van der Waals surface area contributed by atoms with Gasteiger partial charge in [0.15, 0.2) is 6.29 Å². The second kappa shape index (κ2) is 3.05. The molecule has 0 radical (unpaired) electrons. The molecular weight excluding hydrogens is 164 g/mol. The number of hydrogen-bond donors (Lipinski definition) is 0. The van der Waals surface area contributed by atoms with Gasteiger partial charge >= 0.3 is 0 Å². The maximum absolute atomic E-state index is 12.2. The van der Waals surface area contributed by atoms with E-state index in [0.29, 0.717) is 17.5 Å². The van der Waals surface area contributed by atoms with Gasteiger partial charge in [-0.05, 0) is 18.6 Å². The van der Waals surface area contributed by atoms with Gasteiger partial charge in [-0.15, -0.1) is 0 Å². The molecule has 1 rings (SSSR count). The zero-order chi connectivity index (χ0) is 9.30. The zero-order valence-electron chi connectivity index (χ0n) is 6.84. The van der Waals surface area contributed by atoms with Crippen LogP contribution in [-0.2, 0) is 7.05 Å². The highest BCUT2D eigenvalue weighted by molar-refractivity contribution is 5.75. The van der Waals surface area contributed by atoms with Crippen molar-refractivity contribution in [2.24, 2.45) is 7.05 Å². The van der Waals surface area contributed by atoms with Gasteiger partial charge in [-0.2, -0.15) is 0 Å². The summed E-state index contributed by atoms with van der Waals surface area (Å²) < 4.78 is 25.7. The SMILES string of the molecule is Cc1cc(C(F)F)n(C)c1C=O. The Morgan fingerprint density at radius 1 is 1.58 bits per heavy atom. The molecule has 1 aromatic heterocycles. The third-order valence-electron chi connectivity index (χ3n) is 1.85. The first-order chi connectivity index (χ1) is 5.57. The van der Waals surface area contributed by atoms with Gasteiger partial charge in [0.05, 0.1) is 11.4 Å². The van der Waals surface area contributed by atoms with Crippen LogP contribution in [0.4, 0.5) is 8.78 Å². The van der Waals surface area contributed by atoms with E-state index in [4.69, 9.17) is 0 Å². The average molecular weight is 173 g/mol. The van der Waals surface area contributed by atoms with Crippen LogP contribution in [0.5, 0.6) is 0 Å². The van der Waals surface area contributed by atoms with E-state index in [-0.39, 0.29) is 5.69 Å². The second-order valence-corrected chi connectivity index (χ2v) is 2.62. The van der Waals surface area contributed by atoms with Crippen molar-refractivity contribution in [3.05, 3.63) is 23.0 Å². The summed E-state index contributed by atoms with van der Waals surface area (Å²) in [4.78, 5) is 10.4. The van der Waals surface area contributed by atoms with Crippen molar-refractivity contribution in [3.63, 3.8) is 0 Å². The molecule has 0 saturated carbocycles. The molecule has 0 aliphatic carbocycles. The molecule has 0 aromatic carbocycles. The fourth-order valence-corrected chi connectivity index (χ4v) is 1.18. The van der Waals surface area contributed by atoms with Crippen LogP contribution in [0.1, 0.15) is 28.2 Å². The number of rotatable bonds is 2. The quantitative estimate of drug-likeness (QED) is 0.627. The predicted molar refractivity (Wildman–Crippen MR) is 40.5 cm³/mol. The third-order valence-corrected chi connectivity index (χ3v) is 1.85. The lowest BCUT2D eigenvalue weighted by molar-refractivity contribution is 0.111. The van der Waals surface area contributed by atoms with E-state index >= 15 is 0 Å². The van der Waals surface area contributed by atoms with Crippen molar-refractivity contribution >= 4 is 6.29 Å². The molecule has 1 aromatic rings. The molecule has 0 aliphatic rings. The van der Waals surface area contributed by atoms with E-state index < -0.39 is 6.43 Å². The van der Waals surface area contributed by atoms with E-state index in [1.807, 2.05) is 0 Å². The van der Waals surface area contributed by atoms with E-state index in [0.717, 1.165) is 0 Å². The first kappa shape index (κ1) is 8.90. The van der Waals surface area contributed by atoms with Crippen LogP contribution >= 0.6 is 0 Å². The Hall–Kier alpha value is -1.19. The lowest BCUT2D eigenvalue weighted by atomic mass is 10.3. The van der Waals surface area contributed by atoms with Crippen molar-refractivity contribution in [2.75, 3.05) is 0 Å². The highest BCUT2D eigenvalue weighted by Gasteiger charge is 2.15. The number of nitrogens with zero attached hydrogens (tertiary/aromatic N) is 1. The third kappa shape index (κ3) is 1.24. The smallest absolute Gasteiger partial charge is 0.278 e. The second-order valence-electron chi connectivity index (χ2n) is 2.62. The Labute approximate surface area is 68.8 Å². The summed E-state index contributed by atoms with van der Waals surface area (Å²) in [6.07, 6.45) is -1.94. The molecule has 0 unspecified atom stereocenters. The Kier molecular flexibility index (Phi) is 2.26. The van der Waals surface area contributed by atoms with Crippen molar-refractivity contribution in [2.45, 2.75) is 13.3 Å². The van der Waals surface area contributed by atoms with Crippen molar-refractivity contribution in [3.8, 4) is 0 Å². The highest BCUT2D eigenvalue weighted by atomic mass is 19.3. The molecule has 1 heterocycles. The number of carbonyl (C=O) groups is 1. The Morgan fingerprint density at radius 3 is 2.42 bits per heavy atom. The number of aromatic nitrogens is 1. The van der Waals surface area contributed by atoms with Gasteiger partial charge in [0.2, 0.25) is 0 Å². The summed E-state index contributed by atoms with van der Waals surface area (Å²) in [7, 11) is 1.46. The summed E-state index contributed by atoms with van der Waals surface area (Å²) in [5.41, 5.74) is 0.780. The number of aldehydes is 1. The topological polar surface area (TPSA) is 22.0 Å². The fraction of sp³-hybridized carbons (Fsp3) is 0.375. The van der Waals surface area contributed by atoms with E-state index in [9.17, 15) is 13.6 Å². The monoisotopic (exact) mass is 173 g/mol. The van der Waals surface area contributed by atoms with E-state index in [1.54, 1.807) is 6.92 Å². The maximum Gasteiger partial charge on any atom is 0.278 e. The standard InChI is InChI=1S/C8H9F2NO/c1-5-3-6(8(9)10)11(2)7(5)4-12/h3-4,8H,1-2H3. The summed E-state index contributed by atoms with van der Waals surface area (Å²) in [5, 5.41) is 0. The van der Waals surface area contributed by atoms with Crippen molar-refractivity contribution < 1.29 is 13.6 Å². The predicted octanol–water partition coefficient (Wildman–Crippen LogP) is 2.08. The van der Waals surface area contributed by atoms with E-state index in [1.165, 1.54) is 17.7 Å². The van der Waals surface area contributed by atoms with Gasteiger partial charge in [-0.3, -0.25) is 4.79 Å². The highest BCUT2D eigenvalue weighted by Crippen LogP contribution is 2.22. The number of hydrogen-bond acceptors (Lipinski definition) is 1. The molecule has 0 aliphatic heterocycles. The molecule has 0 saturated heterocycles. The average Bonchev–Trinajstić information content (AvgIpc) is 2.27. The van der Waals surface area contributed by atoms with Crippen LogP contribution in [-0.4, -0.2) is 10.9 Å². The summed E-state index contributed by atoms with van der Waals surface area (Å²) in [6.45, 7) is 1.63. The zero-order valence-corrected chi connectivity index (χ0v) is 6.84. The molecule has 66 valence electrons. The molecule has 0 amide bonds. The van der Waals surface area contributed by atoms with Crippen LogP contribution < -0.4 is 0 Å². The number of halogens is 2. The van der Waals surface area contributed by atoms with Crippen LogP contribution in [0.15, 0.2) is 6.07 Å². The molecule has 0 fully saturated rings. The normalized spacial score (nSPS) is 10.8. The molecular formula is C8H9F2NO. The molecule has 4 heteroatoms. The lowest BCUT2D eigenvalue weighted by Gasteiger charge is -2.01. The Morgan fingerprint density at radius 2 is 2.17 bits per heavy atom. The fourth-order valence-electron chi connectivity index (χ4n) is 1.18. The van der Waals surface area contributed by atoms with E-state index in [2.05, 4.69) is 0 Å². The number of carbonyl (C=O) groups excluding carboxylic acids is 1. The first-order valence-corrected chi connectivity index (χ1v) is 3.47. The van der Waals surface area contributed by atoms with Crippen LogP contribution in [0, 0.1) is 6.92 Å². The van der Waals surface area contributed by atoms with Gasteiger partial charge in [0, 0.05) is 7.05 Å². The summed E-state index contributed by atoms with van der Waals surface area (Å²) >= 11 is 0. The van der Waals surface area contributed by atoms with Gasteiger partial charge in [0.1, 0.15) is 0 Å². The summed E-state index contributed by atoms with van der Waals surface area (Å²) in [5.74, 6) is 0. The molecule has 2 nitrogen and oxygen atoms in total. The van der Waals surface area contributed by atoms with Crippen LogP contribution in [0.25, 0.3) is 0 Å². The van der Waals surface area contributed by atoms with Crippen molar-refractivity contribution in [1.29, 1.82) is 0 Å². The largest absolute Gasteiger partial charge is 0.340 e. The number of aryl methyl sites for hydroxylation is 1. The van der Waals surface area contributed by atoms with Gasteiger partial charge in [0.25, 0.3) is 6.43 Å². The minimum Gasteiger partial charge on any atom is -0.340 e. The molecule has 12 heavy (non-hydrogen) atoms. The van der Waals surface area contributed by atoms with Crippen LogP contribution in [0.3, 0.4) is 0 Å². The number of alkyl halides is 2. The van der Waals surface area contributed by atoms with Crippen LogP contribution in [0.2, 0.25) is 0 Å². The minimum atomic E-state index is -2.53. The van der Waals surface area contributed by atoms with Crippen molar-refractivity contribution in [1.82, 2.24) is 4.57 Å². The maximum atomic E-state index is 12.2. The molecule has 0 bridgehead atoms.